The maximum absolute atomic E-state index is 10.3. The molecule has 0 fully saturated rings. The molecule has 0 unspecified atom stereocenters. The van der Waals surface area contributed by atoms with Crippen LogP contribution in [0.3, 0.4) is 0 Å². The van der Waals surface area contributed by atoms with Gasteiger partial charge in [-0.3, -0.25) is 0 Å². The lowest BCUT2D eigenvalue weighted by Crippen LogP contribution is -2.13. The van der Waals surface area contributed by atoms with E-state index in [4.69, 9.17) is 22.2 Å². The molecule has 296 valence electrons. The van der Waals surface area contributed by atoms with Crippen LogP contribution in [0.4, 0.5) is 17.1 Å². The van der Waals surface area contributed by atoms with Crippen molar-refractivity contribution in [3.05, 3.63) is 242 Å². The minimum atomic E-state index is -1.04. The van der Waals surface area contributed by atoms with E-state index in [0.717, 1.165) is 26.7 Å². The fourth-order valence-electron chi connectivity index (χ4n) is 8.18. The number of para-hydroxylation sites is 4. The minimum Gasteiger partial charge on any atom is -0.455 e. The van der Waals surface area contributed by atoms with Gasteiger partial charge < -0.3 is 13.9 Å². The Morgan fingerprint density at radius 3 is 1.62 bits per heavy atom. The molecule has 2 aromatic heterocycles. The van der Waals surface area contributed by atoms with E-state index in [0.29, 0.717) is 27.6 Å². The molecular formula is C60H40N2O. The monoisotopic (exact) mass is 826 g/mol. The molecule has 0 aliphatic heterocycles. The third kappa shape index (κ3) is 6.21. The summed E-state index contributed by atoms with van der Waals surface area (Å²) in [5.74, 6) is 0. The smallest absolute Gasteiger partial charge is 0.145 e. The Balaban J connectivity index is 1.34. The number of anilines is 3. The summed E-state index contributed by atoms with van der Waals surface area (Å²) in [5.41, 5.74) is -3.56. The molecule has 10 aromatic carbocycles. The molecule has 0 N–H and O–H groups in total. The van der Waals surface area contributed by atoms with Crippen LogP contribution in [0, 0.1) is 0 Å². The molecule has 0 radical (unpaired) electrons. The predicted octanol–water partition coefficient (Wildman–Crippen LogP) is 16.8. The second-order valence-electron chi connectivity index (χ2n) is 14.4. The molecule has 0 bridgehead atoms. The zero-order chi connectivity index (χ0) is 60.8. The van der Waals surface area contributed by atoms with Crippen molar-refractivity contribution in [1.82, 2.24) is 4.57 Å². The first-order valence-electron chi connectivity index (χ1n) is 30.7. The quantitative estimate of drug-likeness (QED) is 0.152. The van der Waals surface area contributed by atoms with E-state index < -0.39 is 178 Å². The summed E-state index contributed by atoms with van der Waals surface area (Å²) in [7, 11) is 0. The van der Waals surface area contributed by atoms with E-state index in [1.165, 1.54) is 6.07 Å². The first kappa shape index (κ1) is 20.4. The summed E-state index contributed by atoms with van der Waals surface area (Å²) in [6.45, 7) is 0. The Morgan fingerprint density at radius 1 is 0.397 bits per heavy atom. The number of rotatable bonds is 8. The number of fused-ring (bicyclic) bond motifs is 6. The van der Waals surface area contributed by atoms with Gasteiger partial charge in [0.15, 0.2) is 0 Å². The van der Waals surface area contributed by atoms with Crippen LogP contribution < -0.4 is 4.90 Å². The zero-order valence-electron chi connectivity index (χ0n) is 54.7. The van der Waals surface area contributed by atoms with Crippen LogP contribution >= 0.6 is 0 Å². The van der Waals surface area contributed by atoms with Crippen LogP contribution in [-0.2, 0) is 0 Å². The second kappa shape index (κ2) is 15.3. The standard InChI is InChI=1S/C60H40N2O/c1-4-18-41(19-5-1)43-32-35-46(36-33-43)61(56-38-34-45(42-20-6-2-7-21-42)40-52(56)44-22-8-3-9-23-44)57-39-37-50-49-26-13-17-31-58(49)63-60(50)59(57)51-27-12-16-30-55(51)62-53-28-14-10-24-47(53)48-25-11-15-29-54(48)62/h1-40H/i1D,2D,3D,4D,5D,6D,7D,8D,9D,18D,19D,20D,21D,22D,23D,32D,33D,34D,35D,36D,38D,40D. The molecule has 0 amide bonds. The molecule has 3 nitrogen and oxygen atoms in total. The predicted molar refractivity (Wildman–Crippen MR) is 264 cm³/mol. The van der Waals surface area contributed by atoms with E-state index in [1.807, 2.05) is 59.2 Å². The number of hydrogen-bond acceptors (Lipinski definition) is 2. The maximum Gasteiger partial charge on any atom is 0.145 e. The summed E-state index contributed by atoms with van der Waals surface area (Å²) in [6.07, 6.45) is 0. The topological polar surface area (TPSA) is 21.3 Å². The Kier molecular flexibility index (Phi) is 4.95. The second-order valence-corrected chi connectivity index (χ2v) is 14.4. The minimum absolute atomic E-state index is 0.0943. The van der Waals surface area contributed by atoms with Crippen LogP contribution in [0.25, 0.3) is 93.9 Å². The van der Waals surface area contributed by atoms with Crippen LogP contribution in [0.5, 0.6) is 0 Å². The number of aromatic nitrogens is 1. The highest BCUT2D eigenvalue weighted by molar-refractivity contribution is 6.15. The van der Waals surface area contributed by atoms with Crippen molar-refractivity contribution in [3.63, 3.8) is 0 Å². The van der Waals surface area contributed by atoms with Gasteiger partial charge in [0.1, 0.15) is 11.2 Å². The van der Waals surface area contributed by atoms with Gasteiger partial charge in [0, 0.05) is 38.4 Å². The molecule has 2 heterocycles. The summed E-state index contributed by atoms with van der Waals surface area (Å²) in [6, 6.07) is 11.9. The number of furan rings is 1. The lowest BCUT2D eigenvalue weighted by Gasteiger charge is -2.31. The molecule has 0 aliphatic rings. The van der Waals surface area contributed by atoms with Crippen molar-refractivity contribution in [2.24, 2.45) is 0 Å². The van der Waals surface area contributed by atoms with Gasteiger partial charge in [-0.05, 0) is 88.4 Å². The average Bonchev–Trinajstić information content (AvgIpc) is 1.50. The number of nitrogens with zero attached hydrogens (tertiary/aromatic N) is 2. The van der Waals surface area contributed by atoms with Crippen LogP contribution in [0.15, 0.2) is 247 Å². The highest BCUT2D eigenvalue weighted by atomic mass is 16.3. The van der Waals surface area contributed by atoms with Gasteiger partial charge in [-0.2, -0.15) is 0 Å². The Morgan fingerprint density at radius 2 is 0.937 bits per heavy atom. The van der Waals surface area contributed by atoms with Crippen molar-refractivity contribution in [1.29, 1.82) is 0 Å². The first-order valence-corrected chi connectivity index (χ1v) is 19.7. The average molecular weight is 827 g/mol. The van der Waals surface area contributed by atoms with E-state index in [-0.39, 0.29) is 16.8 Å². The highest BCUT2D eigenvalue weighted by Crippen LogP contribution is 2.51. The van der Waals surface area contributed by atoms with Gasteiger partial charge >= 0.3 is 0 Å². The SMILES string of the molecule is [2H]c1c([2H])c([2H])c(-c2c([2H])c([2H])c(N(c3ccc4c(oc5ccccc54)c3-c3ccccc3-n3c4ccccc4c4ccccc43)c3c([2H])c([2H])c(-c4c([2H])c([2H])c([2H])c([2H])c4[2H])c([2H])c3-c3c([2H])c([2H])c([2H])c([2H])c3[2H])c([2H])c2[2H])c([2H])c1[2H]. The van der Waals surface area contributed by atoms with Crippen molar-refractivity contribution < 1.29 is 34.6 Å². The molecule has 0 saturated carbocycles. The Bertz CT molecular complexity index is 4790. The van der Waals surface area contributed by atoms with Crippen molar-refractivity contribution >= 4 is 60.8 Å². The largest absolute Gasteiger partial charge is 0.455 e. The van der Waals surface area contributed by atoms with Gasteiger partial charge in [-0.15, -0.1) is 0 Å². The number of hydrogen-bond donors (Lipinski definition) is 0. The fourth-order valence-corrected chi connectivity index (χ4v) is 8.18. The molecule has 12 aromatic rings. The molecule has 0 spiro atoms. The van der Waals surface area contributed by atoms with E-state index in [9.17, 15) is 12.3 Å². The van der Waals surface area contributed by atoms with Crippen molar-refractivity contribution in [2.45, 2.75) is 0 Å². The Hall–Kier alpha value is -8.40. The summed E-state index contributed by atoms with van der Waals surface area (Å²) in [5, 5.41) is 2.82. The molecule has 0 saturated heterocycles. The molecular weight excluding hydrogens is 765 g/mol. The summed E-state index contributed by atoms with van der Waals surface area (Å²) >= 11 is 0. The lowest BCUT2D eigenvalue weighted by molar-refractivity contribution is 0.670. The highest BCUT2D eigenvalue weighted by Gasteiger charge is 2.27. The van der Waals surface area contributed by atoms with Crippen molar-refractivity contribution in [2.75, 3.05) is 4.90 Å². The van der Waals surface area contributed by atoms with Crippen molar-refractivity contribution in [3.8, 4) is 50.2 Å². The van der Waals surface area contributed by atoms with Gasteiger partial charge in [0.25, 0.3) is 0 Å². The lowest BCUT2D eigenvalue weighted by atomic mass is 9.94. The third-order valence-electron chi connectivity index (χ3n) is 10.9. The zero-order valence-corrected chi connectivity index (χ0v) is 32.7. The van der Waals surface area contributed by atoms with Crippen LogP contribution in [0.2, 0.25) is 0 Å². The van der Waals surface area contributed by atoms with Crippen LogP contribution in [-0.4, -0.2) is 4.57 Å². The molecule has 0 aliphatic carbocycles. The maximum atomic E-state index is 10.3. The van der Waals surface area contributed by atoms with Crippen LogP contribution in [0.1, 0.15) is 30.2 Å². The summed E-state index contributed by atoms with van der Waals surface area (Å²) in [4.78, 5) is 0.970. The normalized spacial score (nSPS) is 16.4. The first-order chi connectivity index (χ1) is 40.4. The van der Waals surface area contributed by atoms with Gasteiger partial charge in [-0.25, -0.2) is 0 Å². The van der Waals surface area contributed by atoms with E-state index in [2.05, 4.69) is 0 Å². The van der Waals surface area contributed by atoms with E-state index >= 15 is 0 Å². The molecule has 0 atom stereocenters. The van der Waals surface area contributed by atoms with Gasteiger partial charge in [0.2, 0.25) is 0 Å². The van der Waals surface area contributed by atoms with Gasteiger partial charge in [-0.1, -0.05) is 182 Å². The molecule has 12 rings (SSSR count). The fraction of sp³-hybridized carbons (Fsp3) is 0. The summed E-state index contributed by atoms with van der Waals surface area (Å²) < 4.78 is 211. The Labute approximate surface area is 396 Å². The number of benzene rings is 10. The third-order valence-corrected chi connectivity index (χ3v) is 10.9. The van der Waals surface area contributed by atoms with E-state index in [1.54, 1.807) is 48.5 Å². The molecule has 63 heavy (non-hydrogen) atoms. The van der Waals surface area contributed by atoms with Gasteiger partial charge in [0.05, 0.1) is 63.8 Å². The molecule has 3 heteroatoms.